The van der Waals surface area contributed by atoms with E-state index in [-0.39, 0.29) is 10.9 Å². The van der Waals surface area contributed by atoms with E-state index in [1.165, 1.54) is 6.26 Å². The van der Waals surface area contributed by atoms with Gasteiger partial charge in [-0.15, -0.1) is 0 Å². The van der Waals surface area contributed by atoms with Gasteiger partial charge in [0.05, 0.1) is 4.90 Å². The highest BCUT2D eigenvalue weighted by Gasteiger charge is 2.12. The summed E-state index contributed by atoms with van der Waals surface area (Å²) in [7, 11) is -3.30. The van der Waals surface area contributed by atoms with E-state index in [1.807, 2.05) is 39.0 Å². The van der Waals surface area contributed by atoms with Crippen LogP contribution in [0.1, 0.15) is 26.5 Å². The number of rotatable bonds is 7. The molecule has 2 heterocycles. The first-order valence-electron chi connectivity index (χ1n) is 9.43. The predicted octanol–water partition coefficient (Wildman–Crippen LogP) is 4.07. The van der Waals surface area contributed by atoms with Crippen molar-refractivity contribution in [2.24, 2.45) is 0 Å². The minimum Gasteiger partial charge on any atom is -0.368 e. The molecule has 2 aromatic heterocycles. The Morgan fingerprint density at radius 2 is 1.69 bits per heavy atom. The Bertz CT molecular complexity index is 1110. The van der Waals surface area contributed by atoms with Crippen molar-refractivity contribution >= 4 is 27.2 Å². The van der Waals surface area contributed by atoms with Crippen LogP contribution < -0.4 is 10.6 Å². The highest BCUT2D eigenvalue weighted by atomic mass is 32.2. The molecule has 0 spiro atoms. The summed E-state index contributed by atoms with van der Waals surface area (Å²) < 4.78 is 23.7. The van der Waals surface area contributed by atoms with Gasteiger partial charge in [-0.25, -0.2) is 23.4 Å². The Balaban J connectivity index is 2.02. The van der Waals surface area contributed by atoms with Gasteiger partial charge in [-0.1, -0.05) is 19.1 Å². The monoisotopic (exact) mass is 411 g/mol. The molecule has 0 unspecified atom stereocenters. The number of aryl methyl sites for hydroxylation is 1. The first kappa shape index (κ1) is 20.7. The van der Waals surface area contributed by atoms with E-state index in [1.54, 1.807) is 30.3 Å². The Labute approximate surface area is 171 Å². The fraction of sp³-hybridized carbons (Fsp3) is 0.286. The van der Waals surface area contributed by atoms with Gasteiger partial charge < -0.3 is 10.6 Å². The number of hydrogen-bond acceptors (Lipinski definition) is 7. The first-order chi connectivity index (χ1) is 13.7. The molecule has 0 amide bonds. The number of sulfone groups is 1. The SMILES string of the molecule is CCc1cccc(-c2nc(Nc3cccc(S(C)(=O)=O)c3)cc(NC(C)C)n2)n1. The smallest absolute Gasteiger partial charge is 0.182 e. The van der Waals surface area contributed by atoms with Crippen LogP contribution >= 0.6 is 0 Å². The fourth-order valence-corrected chi connectivity index (χ4v) is 3.42. The highest BCUT2D eigenvalue weighted by Crippen LogP contribution is 2.24. The molecule has 1 aromatic carbocycles. The second-order valence-corrected chi connectivity index (χ2v) is 9.07. The quantitative estimate of drug-likeness (QED) is 0.605. The molecular weight excluding hydrogens is 386 g/mol. The number of benzene rings is 1. The molecule has 7 nitrogen and oxygen atoms in total. The zero-order valence-corrected chi connectivity index (χ0v) is 17.8. The summed E-state index contributed by atoms with van der Waals surface area (Å²) in [5.74, 6) is 1.70. The molecule has 0 bridgehead atoms. The van der Waals surface area contributed by atoms with Crippen LogP contribution in [-0.4, -0.2) is 35.7 Å². The van der Waals surface area contributed by atoms with Crippen molar-refractivity contribution in [2.75, 3.05) is 16.9 Å². The number of aromatic nitrogens is 3. The van der Waals surface area contributed by atoms with Crippen LogP contribution in [0.25, 0.3) is 11.5 Å². The molecule has 0 aliphatic heterocycles. The molecule has 0 radical (unpaired) electrons. The van der Waals surface area contributed by atoms with E-state index in [0.717, 1.165) is 12.1 Å². The van der Waals surface area contributed by atoms with Crippen LogP contribution in [0.5, 0.6) is 0 Å². The van der Waals surface area contributed by atoms with Crippen molar-refractivity contribution in [1.29, 1.82) is 0 Å². The van der Waals surface area contributed by atoms with E-state index in [4.69, 9.17) is 0 Å². The molecule has 0 aliphatic rings. The molecule has 0 aliphatic carbocycles. The summed E-state index contributed by atoms with van der Waals surface area (Å²) in [4.78, 5) is 14.1. The van der Waals surface area contributed by atoms with Crippen LogP contribution in [0.3, 0.4) is 0 Å². The third-order valence-electron chi connectivity index (χ3n) is 4.10. The first-order valence-corrected chi connectivity index (χ1v) is 11.3. The molecular formula is C21H25N5O2S. The Hall–Kier alpha value is -3.00. The van der Waals surface area contributed by atoms with Crippen molar-refractivity contribution in [2.45, 2.75) is 38.1 Å². The summed E-state index contributed by atoms with van der Waals surface area (Å²) in [5, 5.41) is 6.48. The summed E-state index contributed by atoms with van der Waals surface area (Å²) in [6.45, 7) is 6.10. The molecule has 8 heteroatoms. The second kappa shape index (κ2) is 8.57. The van der Waals surface area contributed by atoms with Gasteiger partial charge in [0.25, 0.3) is 0 Å². The Morgan fingerprint density at radius 3 is 2.38 bits per heavy atom. The van der Waals surface area contributed by atoms with Crippen LogP contribution in [-0.2, 0) is 16.3 Å². The lowest BCUT2D eigenvalue weighted by Crippen LogP contribution is -2.12. The van der Waals surface area contributed by atoms with E-state index in [0.29, 0.717) is 28.8 Å². The zero-order chi connectivity index (χ0) is 21.0. The molecule has 0 saturated heterocycles. The van der Waals surface area contributed by atoms with Crippen molar-refractivity contribution in [3.8, 4) is 11.5 Å². The molecule has 3 aromatic rings. The van der Waals surface area contributed by atoms with Crippen molar-refractivity contribution in [1.82, 2.24) is 15.0 Å². The molecule has 152 valence electrons. The minimum atomic E-state index is -3.30. The summed E-state index contributed by atoms with van der Waals surface area (Å²) in [6.07, 6.45) is 2.01. The molecule has 0 saturated carbocycles. The number of nitrogens with one attached hydrogen (secondary N) is 2. The van der Waals surface area contributed by atoms with Crippen LogP contribution in [0.2, 0.25) is 0 Å². The third kappa shape index (κ3) is 5.51. The lowest BCUT2D eigenvalue weighted by atomic mass is 10.2. The van der Waals surface area contributed by atoms with Gasteiger partial charge in [-0.3, -0.25) is 0 Å². The van der Waals surface area contributed by atoms with E-state index >= 15 is 0 Å². The maximum Gasteiger partial charge on any atom is 0.182 e. The van der Waals surface area contributed by atoms with Gasteiger partial charge in [0.1, 0.15) is 17.3 Å². The normalized spacial score (nSPS) is 11.5. The standard InChI is InChI=1S/C21H25N5O2S/c1-5-15-8-7-11-18(23-15)21-25-19(22-14(2)3)13-20(26-21)24-16-9-6-10-17(12-16)29(4,27)28/h6-14H,5H2,1-4H3,(H2,22,24,25,26). The average Bonchev–Trinajstić information content (AvgIpc) is 2.67. The van der Waals surface area contributed by atoms with Crippen molar-refractivity contribution in [3.05, 3.63) is 54.2 Å². The zero-order valence-electron chi connectivity index (χ0n) is 17.0. The topological polar surface area (TPSA) is 96.9 Å². The third-order valence-corrected chi connectivity index (χ3v) is 5.21. The second-order valence-electron chi connectivity index (χ2n) is 7.05. The van der Waals surface area contributed by atoms with E-state index < -0.39 is 9.84 Å². The molecule has 0 atom stereocenters. The van der Waals surface area contributed by atoms with Gasteiger partial charge >= 0.3 is 0 Å². The highest BCUT2D eigenvalue weighted by molar-refractivity contribution is 7.90. The van der Waals surface area contributed by atoms with Gasteiger partial charge in [0.2, 0.25) is 0 Å². The van der Waals surface area contributed by atoms with Crippen LogP contribution in [0.4, 0.5) is 17.3 Å². The molecule has 29 heavy (non-hydrogen) atoms. The van der Waals surface area contributed by atoms with Gasteiger partial charge in [0.15, 0.2) is 15.7 Å². The number of pyridine rings is 1. The van der Waals surface area contributed by atoms with Crippen molar-refractivity contribution in [3.63, 3.8) is 0 Å². The Morgan fingerprint density at radius 1 is 0.966 bits per heavy atom. The molecule has 0 fully saturated rings. The average molecular weight is 412 g/mol. The summed E-state index contributed by atoms with van der Waals surface area (Å²) in [5.41, 5.74) is 2.27. The molecule has 3 rings (SSSR count). The Kier molecular flexibility index (Phi) is 6.12. The van der Waals surface area contributed by atoms with Crippen LogP contribution in [0, 0.1) is 0 Å². The lowest BCUT2D eigenvalue weighted by Gasteiger charge is -2.14. The number of hydrogen-bond donors (Lipinski definition) is 2. The minimum absolute atomic E-state index is 0.189. The van der Waals surface area contributed by atoms with Gasteiger partial charge in [-0.2, -0.15) is 0 Å². The maximum atomic E-state index is 11.8. The predicted molar refractivity (Wildman–Crippen MR) is 116 cm³/mol. The maximum absolute atomic E-state index is 11.8. The summed E-state index contributed by atoms with van der Waals surface area (Å²) >= 11 is 0. The van der Waals surface area contributed by atoms with Gasteiger partial charge in [0, 0.05) is 29.7 Å². The summed E-state index contributed by atoms with van der Waals surface area (Å²) in [6, 6.07) is 14.4. The van der Waals surface area contributed by atoms with Crippen LogP contribution in [0.15, 0.2) is 53.4 Å². The number of anilines is 3. The van der Waals surface area contributed by atoms with Gasteiger partial charge in [-0.05, 0) is 50.6 Å². The van der Waals surface area contributed by atoms with E-state index in [2.05, 4.69) is 25.6 Å². The molecule has 2 N–H and O–H groups in total. The fourth-order valence-electron chi connectivity index (χ4n) is 2.75. The lowest BCUT2D eigenvalue weighted by molar-refractivity contribution is 0.602. The van der Waals surface area contributed by atoms with E-state index in [9.17, 15) is 8.42 Å². The largest absolute Gasteiger partial charge is 0.368 e. The number of nitrogens with zero attached hydrogens (tertiary/aromatic N) is 3. The van der Waals surface area contributed by atoms with Crippen molar-refractivity contribution < 1.29 is 8.42 Å².